The molecule has 1 aromatic heterocycles. The standard InChI is InChI=1S/C23H31N3O5/c1-17(2)13-26(23(28)18-7-8-20-21(12-18)31-16-30-20)15-22(27)25(10-11-29-4)14-19-6-5-9-24(19)3/h5-9,12,17H,10-11,13-16H2,1-4H3. The third-order valence-corrected chi connectivity index (χ3v) is 5.14. The highest BCUT2D eigenvalue weighted by atomic mass is 16.7. The van der Waals surface area contributed by atoms with Gasteiger partial charge >= 0.3 is 0 Å². The molecule has 0 unspecified atom stereocenters. The summed E-state index contributed by atoms with van der Waals surface area (Å²) in [6.45, 7) is 6.01. The lowest BCUT2D eigenvalue weighted by Gasteiger charge is -2.29. The second kappa shape index (κ2) is 10.3. The van der Waals surface area contributed by atoms with Gasteiger partial charge in [0.15, 0.2) is 11.5 Å². The summed E-state index contributed by atoms with van der Waals surface area (Å²) in [7, 11) is 3.56. The summed E-state index contributed by atoms with van der Waals surface area (Å²) in [6, 6.07) is 9.04. The minimum Gasteiger partial charge on any atom is -0.454 e. The van der Waals surface area contributed by atoms with Crippen LogP contribution in [0.15, 0.2) is 36.5 Å². The molecule has 168 valence electrons. The third-order valence-electron chi connectivity index (χ3n) is 5.14. The van der Waals surface area contributed by atoms with E-state index in [1.54, 1.807) is 35.1 Å². The van der Waals surface area contributed by atoms with Crippen LogP contribution in [0.5, 0.6) is 11.5 Å². The molecule has 0 bridgehead atoms. The summed E-state index contributed by atoms with van der Waals surface area (Å²) in [4.78, 5) is 29.8. The summed E-state index contributed by atoms with van der Waals surface area (Å²) >= 11 is 0. The molecule has 1 aromatic carbocycles. The minimum absolute atomic E-state index is 0.000404. The molecule has 2 heterocycles. The average Bonchev–Trinajstić information content (AvgIpc) is 3.37. The van der Waals surface area contributed by atoms with Crippen LogP contribution in [0.1, 0.15) is 29.9 Å². The van der Waals surface area contributed by atoms with Gasteiger partial charge in [-0.2, -0.15) is 0 Å². The fourth-order valence-electron chi connectivity index (χ4n) is 3.49. The Labute approximate surface area is 183 Å². The Morgan fingerprint density at radius 3 is 2.61 bits per heavy atom. The summed E-state index contributed by atoms with van der Waals surface area (Å²) in [5, 5.41) is 0. The van der Waals surface area contributed by atoms with E-state index < -0.39 is 0 Å². The number of ether oxygens (including phenoxy) is 3. The zero-order valence-corrected chi connectivity index (χ0v) is 18.7. The molecular weight excluding hydrogens is 398 g/mol. The maximum atomic E-state index is 13.3. The quantitative estimate of drug-likeness (QED) is 0.580. The minimum atomic E-state index is -0.203. The van der Waals surface area contributed by atoms with Crippen molar-refractivity contribution in [1.82, 2.24) is 14.4 Å². The summed E-state index contributed by atoms with van der Waals surface area (Å²) < 4.78 is 17.9. The number of rotatable bonds is 10. The van der Waals surface area contributed by atoms with Gasteiger partial charge in [-0.1, -0.05) is 13.8 Å². The van der Waals surface area contributed by atoms with Crippen LogP contribution in [0.4, 0.5) is 0 Å². The normalized spacial score (nSPS) is 12.3. The number of fused-ring (bicyclic) bond motifs is 1. The van der Waals surface area contributed by atoms with Gasteiger partial charge in [0, 0.05) is 44.7 Å². The summed E-state index contributed by atoms with van der Waals surface area (Å²) in [5.41, 5.74) is 1.49. The van der Waals surface area contributed by atoms with Crippen molar-refractivity contribution in [3.05, 3.63) is 47.8 Å². The molecule has 0 radical (unpaired) electrons. The number of hydrogen-bond acceptors (Lipinski definition) is 5. The van der Waals surface area contributed by atoms with Crippen LogP contribution in [-0.4, -0.2) is 66.3 Å². The number of aromatic nitrogens is 1. The van der Waals surface area contributed by atoms with Gasteiger partial charge in [0.2, 0.25) is 12.7 Å². The topological polar surface area (TPSA) is 73.2 Å². The molecule has 0 atom stereocenters. The van der Waals surface area contributed by atoms with Gasteiger partial charge in [0.25, 0.3) is 5.91 Å². The van der Waals surface area contributed by atoms with Gasteiger partial charge in [-0.05, 0) is 36.2 Å². The maximum Gasteiger partial charge on any atom is 0.254 e. The van der Waals surface area contributed by atoms with Crippen molar-refractivity contribution in [2.75, 3.05) is 40.1 Å². The highest BCUT2D eigenvalue weighted by Crippen LogP contribution is 2.32. The number of aryl methyl sites for hydroxylation is 1. The molecule has 31 heavy (non-hydrogen) atoms. The number of nitrogens with zero attached hydrogens (tertiary/aromatic N) is 3. The van der Waals surface area contributed by atoms with Crippen LogP contribution in [0.3, 0.4) is 0 Å². The summed E-state index contributed by atoms with van der Waals surface area (Å²) in [6.07, 6.45) is 1.95. The number of amides is 2. The zero-order valence-electron chi connectivity index (χ0n) is 18.7. The molecule has 0 N–H and O–H groups in total. The predicted molar refractivity (Wildman–Crippen MR) is 116 cm³/mol. The number of carbonyl (C=O) groups is 2. The molecule has 2 amide bonds. The van der Waals surface area contributed by atoms with E-state index in [0.29, 0.717) is 43.3 Å². The van der Waals surface area contributed by atoms with E-state index in [4.69, 9.17) is 14.2 Å². The molecule has 2 aromatic rings. The fraction of sp³-hybridized carbons (Fsp3) is 0.478. The molecule has 3 rings (SSSR count). The van der Waals surface area contributed by atoms with Crippen molar-refractivity contribution in [3.63, 3.8) is 0 Å². The molecule has 0 spiro atoms. The van der Waals surface area contributed by atoms with Gasteiger partial charge in [-0.15, -0.1) is 0 Å². The van der Waals surface area contributed by atoms with E-state index >= 15 is 0 Å². The zero-order chi connectivity index (χ0) is 22.4. The first-order valence-electron chi connectivity index (χ1n) is 10.4. The van der Waals surface area contributed by atoms with Crippen LogP contribution in [0.2, 0.25) is 0 Å². The van der Waals surface area contributed by atoms with Gasteiger partial charge in [-0.3, -0.25) is 9.59 Å². The third kappa shape index (κ3) is 5.79. The van der Waals surface area contributed by atoms with E-state index in [1.165, 1.54) is 0 Å². The second-order valence-corrected chi connectivity index (χ2v) is 8.07. The van der Waals surface area contributed by atoms with Gasteiger partial charge in [0.1, 0.15) is 6.54 Å². The van der Waals surface area contributed by atoms with Crippen molar-refractivity contribution < 1.29 is 23.8 Å². The Kier molecular flexibility index (Phi) is 7.57. The summed E-state index contributed by atoms with van der Waals surface area (Å²) in [5.74, 6) is 1.06. The highest BCUT2D eigenvalue weighted by Gasteiger charge is 2.25. The lowest BCUT2D eigenvalue weighted by atomic mass is 10.1. The number of methoxy groups -OCH3 is 1. The predicted octanol–water partition coefficient (Wildman–Crippen LogP) is 2.53. The number of carbonyl (C=O) groups excluding carboxylic acids is 2. The number of benzene rings is 1. The van der Waals surface area contributed by atoms with Crippen LogP contribution >= 0.6 is 0 Å². The fourth-order valence-corrected chi connectivity index (χ4v) is 3.49. The molecule has 0 aliphatic carbocycles. The van der Waals surface area contributed by atoms with Crippen molar-refractivity contribution in [2.45, 2.75) is 20.4 Å². The second-order valence-electron chi connectivity index (χ2n) is 8.07. The first kappa shape index (κ1) is 22.7. The molecule has 1 aliphatic heterocycles. The van der Waals surface area contributed by atoms with E-state index in [2.05, 4.69) is 0 Å². The molecule has 0 fully saturated rings. The van der Waals surface area contributed by atoms with Crippen LogP contribution in [-0.2, 0) is 23.1 Å². The first-order valence-corrected chi connectivity index (χ1v) is 10.4. The van der Waals surface area contributed by atoms with Crippen molar-refractivity contribution in [2.24, 2.45) is 13.0 Å². The molecule has 0 saturated carbocycles. The van der Waals surface area contributed by atoms with E-state index in [1.807, 2.05) is 43.8 Å². The van der Waals surface area contributed by atoms with E-state index in [9.17, 15) is 9.59 Å². The molecule has 8 heteroatoms. The molecular formula is C23H31N3O5. The smallest absolute Gasteiger partial charge is 0.254 e. The molecule has 8 nitrogen and oxygen atoms in total. The Balaban J connectivity index is 1.76. The highest BCUT2D eigenvalue weighted by molar-refractivity contribution is 5.97. The van der Waals surface area contributed by atoms with Crippen molar-refractivity contribution in [1.29, 1.82) is 0 Å². The molecule has 1 aliphatic rings. The Bertz CT molecular complexity index is 908. The van der Waals surface area contributed by atoms with Gasteiger partial charge in [-0.25, -0.2) is 0 Å². The van der Waals surface area contributed by atoms with Crippen molar-refractivity contribution >= 4 is 11.8 Å². The van der Waals surface area contributed by atoms with E-state index in [0.717, 1.165) is 5.69 Å². The molecule has 0 saturated heterocycles. The van der Waals surface area contributed by atoms with E-state index in [-0.39, 0.29) is 31.1 Å². The lowest BCUT2D eigenvalue weighted by Crippen LogP contribution is -2.45. The Morgan fingerprint density at radius 2 is 1.94 bits per heavy atom. The van der Waals surface area contributed by atoms with Crippen LogP contribution in [0.25, 0.3) is 0 Å². The Morgan fingerprint density at radius 1 is 1.16 bits per heavy atom. The van der Waals surface area contributed by atoms with Crippen molar-refractivity contribution in [3.8, 4) is 11.5 Å². The van der Waals surface area contributed by atoms with Gasteiger partial charge in [0.05, 0.1) is 13.2 Å². The lowest BCUT2D eigenvalue weighted by molar-refractivity contribution is -0.133. The Hall–Kier alpha value is -3.00. The SMILES string of the molecule is COCCN(Cc1cccn1C)C(=O)CN(CC(C)C)C(=O)c1ccc2c(c1)OCO2. The van der Waals surface area contributed by atoms with Crippen LogP contribution < -0.4 is 9.47 Å². The average molecular weight is 430 g/mol. The largest absolute Gasteiger partial charge is 0.454 e. The first-order chi connectivity index (χ1) is 14.9. The number of hydrogen-bond donors (Lipinski definition) is 0. The monoisotopic (exact) mass is 429 g/mol. The maximum absolute atomic E-state index is 13.3. The van der Waals surface area contributed by atoms with Crippen LogP contribution in [0, 0.1) is 5.92 Å². The van der Waals surface area contributed by atoms with Gasteiger partial charge < -0.3 is 28.6 Å².